The first-order chi connectivity index (χ1) is 15.3. The Bertz CT molecular complexity index is 1050. The highest BCUT2D eigenvalue weighted by Crippen LogP contribution is 2.47. The number of carbonyl (C=O) groups excluding carboxylic acids is 3. The van der Waals surface area contributed by atoms with Gasteiger partial charge in [0.05, 0.1) is 6.42 Å². The Morgan fingerprint density at radius 3 is 2.50 bits per heavy atom. The van der Waals surface area contributed by atoms with E-state index in [-0.39, 0.29) is 18.6 Å². The van der Waals surface area contributed by atoms with E-state index in [1.165, 1.54) is 0 Å². The third-order valence-corrected chi connectivity index (χ3v) is 5.80. The molecule has 0 aromatic heterocycles. The van der Waals surface area contributed by atoms with E-state index in [4.69, 9.17) is 14.2 Å². The van der Waals surface area contributed by atoms with Gasteiger partial charge in [-0.1, -0.05) is 17.7 Å². The van der Waals surface area contributed by atoms with Crippen molar-refractivity contribution in [3.8, 4) is 11.5 Å². The van der Waals surface area contributed by atoms with Crippen molar-refractivity contribution in [2.45, 2.75) is 58.2 Å². The Labute approximate surface area is 187 Å². The molecule has 7 heteroatoms. The Morgan fingerprint density at radius 2 is 1.72 bits per heavy atom. The summed E-state index contributed by atoms with van der Waals surface area (Å²) < 4.78 is 17.0. The highest BCUT2D eigenvalue weighted by Gasteiger charge is 2.44. The first-order valence-corrected chi connectivity index (χ1v) is 10.9. The van der Waals surface area contributed by atoms with Crippen LogP contribution in [-0.2, 0) is 14.3 Å². The average Bonchev–Trinajstić information content (AvgIpc) is 3.37. The topological polar surface area (TPSA) is 90.9 Å². The summed E-state index contributed by atoms with van der Waals surface area (Å²) in [5, 5.41) is 2.69. The second-order valence-corrected chi connectivity index (χ2v) is 8.43. The first-order valence-electron chi connectivity index (χ1n) is 10.9. The van der Waals surface area contributed by atoms with Gasteiger partial charge in [0.1, 0.15) is 0 Å². The lowest BCUT2D eigenvalue weighted by Crippen LogP contribution is -2.34. The number of fused-ring (bicyclic) bond motifs is 1. The number of hydrogen-bond acceptors (Lipinski definition) is 6. The summed E-state index contributed by atoms with van der Waals surface area (Å²) in [6.45, 7) is 3.35. The quantitative estimate of drug-likeness (QED) is 0.507. The molecule has 1 spiro atoms. The van der Waals surface area contributed by atoms with Gasteiger partial charge in [-0.3, -0.25) is 14.4 Å². The van der Waals surface area contributed by atoms with E-state index in [1.54, 1.807) is 18.2 Å². The molecule has 1 saturated carbocycles. The van der Waals surface area contributed by atoms with Crippen LogP contribution in [0, 0.1) is 13.8 Å². The summed E-state index contributed by atoms with van der Waals surface area (Å²) in [6.07, 6.45) is 3.80. The second-order valence-electron chi connectivity index (χ2n) is 8.43. The van der Waals surface area contributed by atoms with E-state index < -0.39 is 24.3 Å². The van der Waals surface area contributed by atoms with Crippen molar-refractivity contribution in [1.29, 1.82) is 0 Å². The Kier molecular flexibility index (Phi) is 6.17. The van der Waals surface area contributed by atoms with Gasteiger partial charge in [-0.15, -0.1) is 0 Å². The number of Topliss-reactive ketones (excluding diaryl/α,β-unsaturated/α-hetero) is 1. The predicted octanol–water partition coefficient (Wildman–Crippen LogP) is 4.49. The number of anilines is 1. The Hall–Kier alpha value is -3.35. The molecule has 1 N–H and O–H groups in total. The minimum Gasteiger partial charge on any atom is -0.456 e. The second kappa shape index (κ2) is 9.02. The minimum absolute atomic E-state index is 0.0364. The van der Waals surface area contributed by atoms with Gasteiger partial charge in [-0.05, 0) is 50.5 Å². The first kappa shape index (κ1) is 21.9. The molecule has 0 unspecified atom stereocenters. The smallest absolute Gasteiger partial charge is 0.306 e. The van der Waals surface area contributed by atoms with Crippen LogP contribution in [0.2, 0.25) is 0 Å². The molecule has 0 saturated heterocycles. The fraction of sp³-hybridized carbons (Fsp3) is 0.400. The summed E-state index contributed by atoms with van der Waals surface area (Å²) in [4.78, 5) is 36.6. The van der Waals surface area contributed by atoms with Crippen LogP contribution >= 0.6 is 0 Å². The van der Waals surface area contributed by atoms with Crippen LogP contribution in [0.25, 0.3) is 0 Å². The number of rotatable bonds is 7. The largest absolute Gasteiger partial charge is 0.456 e. The SMILES string of the molecule is Cc1ccc(C)c(C(=O)CCC(=O)OCC(=O)Nc2ccc3c(c2)OC2(CCCC2)O3)c1. The summed E-state index contributed by atoms with van der Waals surface area (Å²) in [6, 6.07) is 10.8. The summed E-state index contributed by atoms with van der Waals surface area (Å²) >= 11 is 0. The molecule has 0 bridgehead atoms. The van der Waals surface area contributed by atoms with Gasteiger partial charge in [-0.2, -0.15) is 0 Å². The van der Waals surface area contributed by atoms with Crippen LogP contribution in [0.1, 0.15) is 60.0 Å². The lowest BCUT2D eigenvalue weighted by Gasteiger charge is -2.21. The fourth-order valence-electron chi connectivity index (χ4n) is 4.09. The molecule has 0 atom stereocenters. The molecule has 7 nitrogen and oxygen atoms in total. The van der Waals surface area contributed by atoms with E-state index in [1.807, 2.05) is 32.0 Å². The number of aryl methyl sites for hydroxylation is 2. The van der Waals surface area contributed by atoms with Gasteiger partial charge in [0.15, 0.2) is 23.9 Å². The molecule has 1 heterocycles. The third kappa shape index (κ3) is 4.93. The van der Waals surface area contributed by atoms with Crippen molar-refractivity contribution in [2.75, 3.05) is 11.9 Å². The molecule has 1 aliphatic heterocycles. The number of esters is 1. The van der Waals surface area contributed by atoms with Crippen LogP contribution in [-0.4, -0.2) is 30.1 Å². The molecule has 1 aliphatic carbocycles. The number of nitrogens with one attached hydrogen (secondary N) is 1. The zero-order valence-corrected chi connectivity index (χ0v) is 18.4. The monoisotopic (exact) mass is 437 g/mol. The number of carbonyl (C=O) groups is 3. The predicted molar refractivity (Wildman–Crippen MR) is 118 cm³/mol. The Balaban J connectivity index is 1.23. The van der Waals surface area contributed by atoms with Gasteiger partial charge in [0.2, 0.25) is 0 Å². The van der Waals surface area contributed by atoms with Crippen molar-refractivity contribution < 1.29 is 28.6 Å². The van der Waals surface area contributed by atoms with E-state index in [0.717, 1.165) is 36.8 Å². The highest BCUT2D eigenvalue weighted by atomic mass is 16.7. The number of ether oxygens (including phenoxy) is 3. The molecular formula is C25H27NO6. The fourth-order valence-corrected chi connectivity index (χ4v) is 4.09. The molecule has 1 amide bonds. The highest BCUT2D eigenvalue weighted by molar-refractivity contribution is 5.99. The van der Waals surface area contributed by atoms with Crippen molar-refractivity contribution in [3.63, 3.8) is 0 Å². The lowest BCUT2D eigenvalue weighted by atomic mass is 9.99. The van der Waals surface area contributed by atoms with Gasteiger partial charge < -0.3 is 19.5 Å². The van der Waals surface area contributed by atoms with Crippen LogP contribution < -0.4 is 14.8 Å². The third-order valence-electron chi connectivity index (χ3n) is 5.80. The molecule has 1 fully saturated rings. The van der Waals surface area contributed by atoms with Crippen molar-refractivity contribution >= 4 is 23.3 Å². The maximum Gasteiger partial charge on any atom is 0.306 e. The van der Waals surface area contributed by atoms with Crippen molar-refractivity contribution in [3.05, 3.63) is 53.1 Å². The zero-order chi connectivity index (χ0) is 22.7. The summed E-state index contributed by atoms with van der Waals surface area (Å²) in [5.74, 6) is -0.458. The molecule has 4 rings (SSSR count). The maximum atomic E-state index is 12.4. The van der Waals surface area contributed by atoms with Crippen molar-refractivity contribution in [1.82, 2.24) is 0 Å². The van der Waals surface area contributed by atoms with Crippen molar-refractivity contribution in [2.24, 2.45) is 0 Å². The molecule has 2 aromatic rings. The van der Waals surface area contributed by atoms with Gasteiger partial charge in [0.25, 0.3) is 11.7 Å². The number of amides is 1. The van der Waals surface area contributed by atoms with Gasteiger partial charge in [0, 0.05) is 36.6 Å². The van der Waals surface area contributed by atoms with E-state index >= 15 is 0 Å². The van der Waals surface area contributed by atoms with E-state index in [2.05, 4.69) is 5.32 Å². The van der Waals surface area contributed by atoms with E-state index in [0.29, 0.717) is 22.7 Å². The molecule has 2 aliphatic rings. The van der Waals surface area contributed by atoms with Crippen LogP contribution in [0.4, 0.5) is 5.69 Å². The van der Waals surface area contributed by atoms with Crippen LogP contribution in [0.3, 0.4) is 0 Å². The van der Waals surface area contributed by atoms with Gasteiger partial charge in [-0.25, -0.2) is 0 Å². The lowest BCUT2D eigenvalue weighted by molar-refractivity contribution is -0.147. The number of hydrogen-bond donors (Lipinski definition) is 1. The zero-order valence-electron chi connectivity index (χ0n) is 18.4. The standard InChI is InChI=1S/C25H27NO6/c1-16-5-6-17(2)19(13-16)20(27)8-10-24(29)30-15-23(28)26-18-7-9-21-22(14-18)32-25(31-21)11-3-4-12-25/h5-7,9,13-14H,3-4,8,10-12,15H2,1-2H3,(H,26,28). The molecule has 168 valence electrons. The van der Waals surface area contributed by atoms with Gasteiger partial charge >= 0.3 is 5.97 Å². The molecule has 32 heavy (non-hydrogen) atoms. The average molecular weight is 437 g/mol. The molecule has 0 radical (unpaired) electrons. The molecular weight excluding hydrogens is 410 g/mol. The number of benzene rings is 2. The summed E-state index contributed by atoms with van der Waals surface area (Å²) in [7, 11) is 0. The van der Waals surface area contributed by atoms with Crippen LogP contribution in [0.5, 0.6) is 11.5 Å². The molecule has 2 aromatic carbocycles. The normalized spacial score (nSPS) is 15.6. The minimum atomic E-state index is -0.590. The summed E-state index contributed by atoms with van der Waals surface area (Å²) in [5.41, 5.74) is 3.00. The number of ketones is 1. The maximum absolute atomic E-state index is 12.4. The van der Waals surface area contributed by atoms with E-state index in [9.17, 15) is 14.4 Å². The van der Waals surface area contributed by atoms with Crippen LogP contribution in [0.15, 0.2) is 36.4 Å². The Morgan fingerprint density at radius 1 is 0.969 bits per heavy atom.